The summed E-state index contributed by atoms with van der Waals surface area (Å²) >= 11 is 0. The summed E-state index contributed by atoms with van der Waals surface area (Å²) < 4.78 is 22.5. The molecule has 1 saturated carbocycles. The minimum Gasteiger partial charge on any atom is -0.480 e. The highest BCUT2D eigenvalue weighted by atomic mass is 32.2. The third-order valence-corrected chi connectivity index (χ3v) is 5.35. The number of amides is 1. The molecule has 1 aliphatic heterocycles. The van der Waals surface area contributed by atoms with Crippen molar-refractivity contribution in [3.63, 3.8) is 0 Å². The quantitative estimate of drug-likeness (QED) is 0.716. The Morgan fingerprint density at radius 1 is 1.29 bits per heavy atom. The van der Waals surface area contributed by atoms with E-state index in [1.807, 2.05) is 0 Å². The Kier molecular flexibility index (Phi) is 2.89. The largest absolute Gasteiger partial charge is 0.480 e. The maximum absolute atomic E-state index is 11.8. The van der Waals surface area contributed by atoms with Gasteiger partial charge in [-0.15, -0.1) is 0 Å². The number of nitrogens with one attached hydrogen (secondary N) is 1. The number of carboxylic acids is 1. The molecule has 0 aromatic heterocycles. The topological polar surface area (TPSA) is 101 Å². The normalized spacial score (nSPS) is 29.3. The van der Waals surface area contributed by atoms with Gasteiger partial charge in [0.15, 0.2) is 9.84 Å². The average molecular weight is 261 g/mol. The molecule has 0 aromatic carbocycles. The van der Waals surface area contributed by atoms with Gasteiger partial charge in [0.25, 0.3) is 0 Å². The van der Waals surface area contributed by atoms with E-state index in [2.05, 4.69) is 5.32 Å². The van der Waals surface area contributed by atoms with Crippen LogP contribution in [0.3, 0.4) is 0 Å². The van der Waals surface area contributed by atoms with E-state index in [0.717, 1.165) is 6.42 Å². The third-order valence-electron chi connectivity index (χ3n) is 3.58. The Bertz CT molecular complexity index is 451. The molecule has 2 fully saturated rings. The SMILES string of the molecule is O=C(NC1(C(=O)O)CCC1)C1CCS(=O)(=O)C1. The van der Waals surface area contributed by atoms with Gasteiger partial charge in [0.1, 0.15) is 5.54 Å². The highest BCUT2D eigenvalue weighted by Gasteiger charge is 2.47. The van der Waals surface area contributed by atoms with Gasteiger partial charge in [0.05, 0.1) is 17.4 Å². The highest BCUT2D eigenvalue weighted by Crippen LogP contribution is 2.33. The Morgan fingerprint density at radius 2 is 1.94 bits per heavy atom. The van der Waals surface area contributed by atoms with Gasteiger partial charge in [0, 0.05) is 0 Å². The van der Waals surface area contributed by atoms with Gasteiger partial charge in [-0.05, 0) is 25.7 Å². The van der Waals surface area contributed by atoms with E-state index in [4.69, 9.17) is 5.11 Å². The van der Waals surface area contributed by atoms with E-state index in [1.165, 1.54) is 0 Å². The van der Waals surface area contributed by atoms with Crippen molar-refractivity contribution in [1.82, 2.24) is 5.32 Å². The molecule has 17 heavy (non-hydrogen) atoms. The lowest BCUT2D eigenvalue weighted by Gasteiger charge is -2.38. The number of hydrogen-bond acceptors (Lipinski definition) is 4. The number of rotatable bonds is 3. The van der Waals surface area contributed by atoms with Crippen LogP contribution in [0.2, 0.25) is 0 Å². The molecule has 1 unspecified atom stereocenters. The van der Waals surface area contributed by atoms with Gasteiger partial charge in [-0.2, -0.15) is 0 Å². The Labute approximate surface area is 99.3 Å². The lowest BCUT2D eigenvalue weighted by molar-refractivity contribution is -0.152. The second-order valence-electron chi connectivity index (χ2n) is 4.83. The molecule has 0 bridgehead atoms. The standard InChI is InChI=1S/C10H15NO5S/c12-8(7-2-5-17(15,16)6-7)11-10(9(13)14)3-1-4-10/h7H,1-6H2,(H,11,12)(H,13,14). The first kappa shape index (κ1) is 12.3. The predicted octanol–water partition coefficient (Wildman–Crippen LogP) is -0.455. The van der Waals surface area contributed by atoms with Crippen LogP contribution < -0.4 is 5.32 Å². The molecule has 6 nitrogen and oxygen atoms in total. The number of aliphatic carboxylic acids is 1. The molecule has 7 heteroatoms. The van der Waals surface area contributed by atoms with E-state index >= 15 is 0 Å². The number of hydrogen-bond donors (Lipinski definition) is 2. The summed E-state index contributed by atoms with van der Waals surface area (Å²) in [6, 6.07) is 0. The van der Waals surface area contributed by atoms with Crippen molar-refractivity contribution in [3.05, 3.63) is 0 Å². The van der Waals surface area contributed by atoms with E-state index in [1.54, 1.807) is 0 Å². The predicted molar refractivity (Wildman–Crippen MR) is 59.1 cm³/mol. The Balaban J connectivity index is 2.00. The van der Waals surface area contributed by atoms with E-state index < -0.39 is 33.2 Å². The van der Waals surface area contributed by atoms with Crippen LogP contribution in [0.15, 0.2) is 0 Å². The summed E-state index contributed by atoms with van der Waals surface area (Å²) in [7, 11) is -3.11. The van der Waals surface area contributed by atoms with E-state index in [9.17, 15) is 18.0 Å². The second kappa shape index (κ2) is 3.97. The van der Waals surface area contributed by atoms with Crippen molar-refractivity contribution in [3.8, 4) is 0 Å². The molecular formula is C10H15NO5S. The van der Waals surface area contributed by atoms with Crippen LogP contribution in [-0.2, 0) is 19.4 Å². The molecule has 0 spiro atoms. The molecule has 1 amide bonds. The third kappa shape index (κ3) is 2.29. The zero-order valence-electron chi connectivity index (χ0n) is 9.31. The first-order valence-corrected chi connectivity index (χ1v) is 7.43. The fraction of sp³-hybridized carbons (Fsp3) is 0.800. The minimum atomic E-state index is -3.11. The molecule has 2 N–H and O–H groups in total. The van der Waals surface area contributed by atoms with Gasteiger partial charge in [-0.3, -0.25) is 4.79 Å². The monoisotopic (exact) mass is 261 g/mol. The molecule has 2 aliphatic rings. The summed E-state index contributed by atoms with van der Waals surface area (Å²) in [6.45, 7) is 0. The zero-order chi connectivity index (χ0) is 12.7. The van der Waals surface area contributed by atoms with Gasteiger partial charge in [0.2, 0.25) is 5.91 Å². The van der Waals surface area contributed by atoms with Crippen molar-refractivity contribution in [2.24, 2.45) is 5.92 Å². The average Bonchev–Trinajstić information content (AvgIpc) is 2.51. The van der Waals surface area contributed by atoms with Crippen LogP contribution in [0.25, 0.3) is 0 Å². The first-order chi connectivity index (χ1) is 7.85. The molecule has 0 aromatic rings. The number of carbonyl (C=O) groups is 2. The van der Waals surface area contributed by atoms with Crippen LogP contribution >= 0.6 is 0 Å². The smallest absolute Gasteiger partial charge is 0.329 e. The lowest BCUT2D eigenvalue weighted by Crippen LogP contribution is -2.60. The van der Waals surface area contributed by atoms with Gasteiger partial charge >= 0.3 is 5.97 Å². The molecule has 2 rings (SSSR count). The van der Waals surface area contributed by atoms with Crippen LogP contribution in [-0.4, -0.2) is 42.4 Å². The molecular weight excluding hydrogens is 246 g/mol. The second-order valence-corrected chi connectivity index (χ2v) is 7.06. The molecule has 96 valence electrons. The summed E-state index contributed by atoms with van der Waals surface area (Å²) in [5.74, 6) is -2.19. The van der Waals surface area contributed by atoms with Gasteiger partial charge in [-0.1, -0.05) is 0 Å². The lowest BCUT2D eigenvalue weighted by atomic mass is 9.76. The molecule has 1 saturated heterocycles. The van der Waals surface area contributed by atoms with Crippen LogP contribution in [0.4, 0.5) is 0 Å². The van der Waals surface area contributed by atoms with Crippen LogP contribution in [0.5, 0.6) is 0 Å². The number of sulfone groups is 1. The van der Waals surface area contributed by atoms with Gasteiger partial charge in [-0.25, -0.2) is 13.2 Å². The maximum Gasteiger partial charge on any atom is 0.329 e. The van der Waals surface area contributed by atoms with Gasteiger partial charge < -0.3 is 10.4 Å². The van der Waals surface area contributed by atoms with E-state index in [0.29, 0.717) is 19.3 Å². The Morgan fingerprint density at radius 3 is 2.29 bits per heavy atom. The van der Waals surface area contributed by atoms with Crippen molar-refractivity contribution in [2.75, 3.05) is 11.5 Å². The summed E-state index contributed by atoms with van der Waals surface area (Å²) in [5.41, 5.74) is -1.15. The minimum absolute atomic E-state index is 0.0190. The van der Waals surface area contributed by atoms with Crippen molar-refractivity contribution in [1.29, 1.82) is 0 Å². The van der Waals surface area contributed by atoms with Crippen molar-refractivity contribution in [2.45, 2.75) is 31.2 Å². The maximum atomic E-state index is 11.8. The molecule has 1 aliphatic carbocycles. The summed E-state index contributed by atoms with van der Waals surface area (Å²) in [4.78, 5) is 22.9. The molecule has 1 atom stereocenters. The zero-order valence-corrected chi connectivity index (χ0v) is 10.1. The van der Waals surface area contributed by atoms with Crippen molar-refractivity contribution >= 4 is 21.7 Å². The number of carboxylic acid groups (broad SMARTS) is 1. The fourth-order valence-electron chi connectivity index (χ4n) is 2.26. The first-order valence-electron chi connectivity index (χ1n) is 5.60. The van der Waals surface area contributed by atoms with E-state index in [-0.39, 0.29) is 11.5 Å². The number of carbonyl (C=O) groups excluding carboxylic acids is 1. The molecule has 1 heterocycles. The Hall–Kier alpha value is -1.11. The van der Waals surface area contributed by atoms with Crippen molar-refractivity contribution < 1.29 is 23.1 Å². The highest BCUT2D eigenvalue weighted by molar-refractivity contribution is 7.91. The molecule has 0 radical (unpaired) electrons. The van der Waals surface area contributed by atoms with Crippen LogP contribution in [0.1, 0.15) is 25.7 Å². The van der Waals surface area contributed by atoms with Crippen LogP contribution in [0, 0.1) is 5.92 Å². The summed E-state index contributed by atoms with van der Waals surface area (Å²) in [6.07, 6.45) is 1.92. The summed E-state index contributed by atoms with van der Waals surface area (Å²) in [5, 5.41) is 11.6. The fourth-order valence-corrected chi connectivity index (χ4v) is 4.00.